The van der Waals surface area contributed by atoms with E-state index in [1.165, 1.54) is 12.1 Å². The van der Waals surface area contributed by atoms with Crippen LogP contribution in [0.3, 0.4) is 0 Å². The number of alkyl halides is 1. The molecule has 1 aromatic heterocycles. The lowest BCUT2D eigenvalue weighted by molar-refractivity contribution is -0.122. The number of hydrogen-bond donors (Lipinski definition) is 2. The van der Waals surface area contributed by atoms with Gasteiger partial charge in [0.2, 0.25) is 5.91 Å². The zero-order valence-corrected chi connectivity index (χ0v) is 24.2. The molecule has 0 radical (unpaired) electrons. The van der Waals surface area contributed by atoms with Crippen LogP contribution in [0.5, 0.6) is 6.01 Å². The SMILES string of the molecule is N#CC[C@H]1CN(c2nc(OCC34CCCN3C[C@H](F)C4)nc3c2NC(=O)C2(CCCc4c(Cl)cc(F)cc42)C3)CCN1. The molecule has 5 heterocycles. The Morgan fingerprint density at radius 3 is 2.95 bits per heavy atom. The lowest BCUT2D eigenvalue weighted by Crippen LogP contribution is -2.52. The number of piperazine rings is 1. The van der Waals surface area contributed by atoms with E-state index >= 15 is 0 Å². The topological polar surface area (TPSA) is 106 Å². The summed E-state index contributed by atoms with van der Waals surface area (Å²) in [4.78, 5) is 27.9. The molecule has 1 aromatic carbocycles. The third-order valence-electron chi connectivity index (χ3n) is 9.92. The van der Waals surface area contributed by atoms with Gasteiger partial charge >= 0.3 is 6.01 Å². The number of amides is 1. The molecule has 9 nitrogen and oxygen atoms in total. The van der Waals surface area contributed by atoms with Gasteiger partial charge in [-0.15, -0.1) is 0 Å². The number of carbonyl (C=O) groups is 1. The quantitative estimate of drug-likeness (QED) is 0.538. The second-order valence-corrected chi connectivity index (χ2v) is 12.9. The van der Waals surface area contributed by atoms with Crippen LogP contribution in [-0.2, 0) is 23.1 Å². The fraction of sp³-hybridized carbons (Fsp3) is 0.600. The third kappa shape index (κ3) is 4.59. The molecule has 0 bridgehead atoms. The minimum Gasteiger partial charge on any atom is -0.461 e. The van der Waals surface area contributed by atoms with Crippen LogP contribution in [0, 0.1) is 17.1 Å². The van der Waals surface area contributed by atoms with Crippen molar-refractivity contribution in [2.45, 2.75) is 74.5 Å². The monoisotopic (exact) mass is 597 g/mol. The van der Waals surface area contributed by atoms with Crippen molar-refractivity contribution in [3.63, 3.8) is 0 Å². The molecule has 12 heteroatoms. The van der Waals surface area contributed by atoms with Gasteiger partial charge in [-0.3, -0.25) is 9.69 Å². The number of nitrogens with one attached hydrogen (secondary N) is 2. The van der Waals surface area contributed by atoms with E-state index in [1.54, 1.807) is 0 Å². The van der Waals surface area contributed by atoms with Crippen LogP contribution in [0.25, 0.3) is 0 Å². The standard InChI is InChI=1S/C30H34ClF2N7O2/c31-23-12-18(32)11-22-21(23)3-1-6-30(22)14-24-25(37-27(30)41)26(39-10-8-35-20(16-39)4-7-34)38-28(36-24)42-17-29-5-2-9-40(29)15-19(33)13-29/h11-12,19-20,35H,1-6,8-10,13-17H2,(H,37,41)/t19-,20+,29?,30?/m1/s1. The van der Waals surface area contributed by atoms with Gasteiger partial charge in [0.1, 0.15) is 24.3 Å². The van der Waals surface area contributed by atoms with E-state index in [1.807, 2.05) is 0 Å². The number of aromatic nitrogens is 2. The fourth-order valence-corrected chi connectivity index (χ4v) is 8.24. The van der Waals surface area contributed by atoms with E-state index in [9.17, 15) is 18.8 Å². The van der Waals surface area contributed by atoms with Crippen molar-refractivity contribution in [2.24, 2.45) is 0 Å². The fourth-order valence-electron chi connectivity index (χ4n) is 7.94. The van der Waals surface area contributed by atoms with Gasteiger partial charge in [0.15, 0.2) is 5.82 Å². The summed E-state index contributed by atoms with van der Waals surface area (Å²) in [5.74, 6) is -0.148. The van der Waals surface area contributed by atoms with Crippen LogP contribution in [-0.4, -0.2) is 77.9 Å². The van der Waals surface area contributed by atoms with Crippen molar-refractivity contribution in [3.8, 4) is 12.1 Å². The average molecular weight is 598 g/mol. The second-order valence-electron chi connectivity index (χ2n) is 12.5. The summed E-state index contributed by atoms with van der Waals surface area (Å²) in [6.07, 6.45) is 3.96. The number of rotatable bonds is 5. The second kappa shape index (κ2) is 10.6. The lowest BCUT2D eigenvalue weighted by atomic mass is 9.65. The maximum Gasteiger partial charge on any atom is 0.318 e. The van der Waals surface area contributed by atoms with Gasteiger partial charge in [-0.25, -0.2) is 8.78 Å². The Balaban J connectivity index is 1.28. The number of nitrogens with zero attached hydrogens (tertiary/aromatic N) is 5. The van der Waals surface area contributed by atoms with Crippen LogP contribution < -0.4 is 20.3 Å². The van der Waals surface area contributed by atoms with Crippen LogP contribution in [0.4, 0.5) is 20.3 Å². The number of fused-ring (bicyclic) bond motifs is 4. The Bertz CT molecular complexity index is 1470. The average Bonchev–Trinajstić information content (AvgIpc) is 3.49. The Morgan fingerprint density at radius 1 is 1.21 bits per heavy atom. The molecule has 2 N–H and O–H groups in total. The predicted molar refractivity (Wildman–Crippen MR) is 153 cm³/mol. The first kappa shape index (κ1) is 27.7. The van der Waals surface area contributed by atoms with Gasteiger partial charge in [-0.05, 0) is 61.9 Å². The van der Waals surface area contributed by atoms with E-state index < -0.39 is 17.4 Å². The van der Waals surface area contributed by atoms with Crippen molar-refractivity contribution in [1.29, 1.82) is 5.26 Å². The highest BCUT2D eigenvalue weighted by molar-refractivity contribution is 6.31. The van der Waals surface area contributed by atoms with E-state index in [0.29, 0.717) is 79.6 Å². The first-order valence-corrected chi connectivity index (χ1v) is 15.3. The Kier molecular flexibility index (Phi) is 6.99. The molecule has 0 saturated carbocycles. The first-order chi connectivity index (χ1) is 20.3. The van der Waals surface area contributed by atoms with Gasteiger partial charge in [0.25, 0.3) is 0 Å². The summed E-state index contributed by atoms with van der Waals surface area (Å²) in [6.45, 7) is 3.37. The molecule has 4 aliphatic heterocycles. The first-order valence-electron chi connectivity index (χ1n) is 14.9. The minimum absolute atomic E-state index is 0.0504. The molecule has 1 amide bonds. The van der Waals surface area contributed by atoms with Crippen molar-refractivity contribution >= 4 is 29.0 Å². The highest BCUT2D eigenvalue weighted by Crippen LogP contribution is 2.48. The zero-order valence-electron chi connectivity index (χ0n) is 23.4. The van der Waals surface area contributed by atoms with Crippen LogP contribution in [0.2, 0.25) is 5.02 Å². The molecule has 4 atom stereocenters. The number of anilines is 2. The summed E-state index contributed by atoms with van der Waals surface area (Å²) in [7, 11) is 0. The number of carbonyl (C=O) groups excluding carboxylic acids is 1. The summed E-state index contributed by atoms with van der Waals surface area (Å²) >= 11 is 6.46. The number of halogens is 3. The van der Waals surface area contributed by atoms with Crippen molar-refractivity contribution in [1.82, 2.24) is 20.2 Å². The van der Waals surface area contributed by atoms with Crippen LogP contribution in [0.15, 0.2) is 12.1 Å². The number of hydrogen-bond acceptors (Lipinski definition) is 8. The molecule has 3 saturated heterocycles. The van der Waals surface area contributed by atoms with E-state index in [-0.39, 0.29) is 36.5 Å². The normalized spacial score (nSPS) is 30.4. The highest BCUT2D eigenvalue weighted by atomic mass is 35.5. The molecular formula is C30H34ClF2N7O2. The van der Waals surface area contributed by atoms with Crippen molar-refractivity contribution in [2.75, 3.05) is 49.5 Å². The highest BCUT2D eigenvalue weighted by Gasteiger charge is 2.51. The smallest absolute Gasteiger partial charge is 0.318 e. The Morgan fingerprint density at radius 2 is 2.10 bits per heavy atom. The number of ether oxygens (including phenoxy) is 1. The molecule has 5 aliphatic rings. The molecule has 7 rings (SSSR count). The number of benzene rings is 1. The molecular weight excluding hydrogens is 564 g/mol. The largest absolute Gasteiger partial charge is 0.461 e. The molecule has 1 spiro atoms. The van der Waals surface area contributed by atoms with E-state index in [4.69, 9.17) is 26.3 Å². The molecule has 1 aliphatic carbocycles. The van der Waals surface area contributed by atoms with Gasteiger partial charge < -0.3 is 20.3 Å². The maximum atomic E-state index is 14.6. The van der Waals surface area contributed by atoms with Gasteiger partial charge in [0, 0.05) is 50.1 Å². The summed E-state index contributed by atoms with van der Waals surface area (Å²) in [5.41, 5.74) is 1.18. The van der Waals surface area contributed by atoms with Gasteiger partial charge in [-0.2, -0.15) is 15.2 Å². The van der Waals surface area contributed by atoms with E-state index in [0.717, 1.165) is 31.4 Å². The van der Waals surface area contributed by atoms with Crippen molar-refractivity contribution in [3.05, 3.63) is 39.8 Å². The lowest BCUT2D eigenvalue weighted by Gasteiger charge is -2.42. The molecule has 2 aromatic rings. The zero-order chi connectivity index (χ0) is 29.1. The molecule has 2 unspecified atom stereocenters. The van der Waals surface area contributed by atoms with Gasteiger partial charge in [0.05, 0.1) is 29.1 Å². The van der Waals surface area contributed by atoms with Crippen LogP contribution >= 0.6 is 11.6 Å². The minimum atomic E-state index is -1.02. The van der Waals surface area contributed by atoms with E-state index in [2.05, 4.69) is 26.5 Å². The maximum absolute atomic E-state index is 14.6. The summed E-state index contributed by atoms with van der Waals surface area (Å²) < 4.78 is 35.4. The van der Waals surface area contributed by atoms with Gasteiger partial charge in [-0.1, -0.05) is 11.6 Å². The summed E-state index contributed by atoms with van der Waals surface area (Å²) in [5, 5.41) is 16.1. The molecule has 42 heavy (non-hydrogen) atoms. The van der Waals surface area contributed by atoms with Crippen LogP contribution in [0.1, 0.15) is 55.3 Å². The molecule has 3 fully saturated rings. The summed E-state index contributed by atoms with van der Waals surface area (Å²) in [6, 6.07) is 5.11. The Labute approximate surface area is 248 Å². The third-order valence-corrected chi connectivity index (χ3v) is 10.3. The number of nitriles is 1. The molecule has 222 valence electrons. The predicted octanol–water partition coefficient (Wildman–Crippen LogP) is 3.69. The van der Waals surface area contributed by atoms with Crippen molar-refractivity contribution < 1.29 is 18.3 Å². The Hall–Kier alpha value is -3.07.